The minimum atomic E-state index is -3.59. The molecule has 7 nitrogen and oxygen atoms in total. The Balaban J connectivity index is 2.91. The van der Waals surface area contributed by atoms with Crippen LogP contribution in [0.15, 0.2) is 29.2 Å². The monoisotopic (exact) mass is 293 g/mol. The van der Waals surface area contributed by atoms with Crippen LogP contribution in [0.5, 0.6) is 0 Å². The van der Waals surface area contributed by atoms with Gasteiger partial charge in [-0.25, -0.2) is 26.7 Å². The predicted molar refractivity (Wildman–Crippen MR) is 69.2 cm³/mol. The number of nitrogens with two attached hydrogens (primary N) is 1. The van der Waals surface area contributed by atoms with Gasteiger partial charge in [0.05, 0.1) is 11.4 Å². The van der Waals surface area contributed by atoms with Crippen molar-refractivity contribution in [2.75, 3.05) is 24.7 Å². The van der Waals surface area contributed by atoms with Gasteiger partial charge in [-0.3, -0.25) is 0 Å². The summed E-state index contributed by atoms with van der Waals surface area (Å²) in [6.45, 7) is 0.0368. The van der Waals surface area contributed by atoms with Gasteiger partial charge in [-0.1, -0.05) is 12.1 Å². The summed E-state index contributed by atoms with van der Waals surface area (Å²) >= 11 is 0. The molecule has 0 saturated heterocycles. The number of benzene rings is 1. The number of primary sulfonamides is 1. The van der Waals surface area contributed by atoms with Gasteiger partial charge >= 0.3 is 0 Å². The van der Waals surface area contributed by atoms with Crippen molar-refractivity contribution in [2.24, 2.45) is 5.14 Å². The van der Waals surface area contributed by atoms with E-state index in [1.807, 2.05) is 0 Å². The molecule has 0 fully saturated rings. The zero-order valence-electron chi connectivity index (χ0n) is 9.75. The van der Waals surface area contributed by atoms with E-state index in [2.05, 4.69) is 10.0 Å². The normalized spacial score (nSPS) is 12.3. The summed E-state index contributed by atoms with van der Waals surface area (Å²) in [5.74, 6) is -0.277. The molecule has 4 N–H and O–H groups in total. The van der Waals surface area contributed by atoms with E-state index in [4.69, 9.17) is 5.14 Å². The summed E-state index contributed by atoms with van der Waals surface area (Å²) in [5.41, 5.74) is 0.329. The molecule has 0 saturated carbocycles. The Morgan fingerprint density at radius 2 is 1.78 bits per heavy atom. The van der Waals surface area contributed by atoms with Gasteiger partial charge in [0.15, 0.2) is 0 Å². The van der Waals surface area contributed by atoms with E-state index in [1.165, 1.54) is 13.1 Å². The van der Waals surface area contributed by atoms with Gasteiger partial charge in [0.25, 0.3) is 0 Å². The lowest BCUT2D eigenvalue weighted by molar-refractivity contribution is 0.588. The highest BCUT2D eigenvalue weighted by Crippen LogP contribution is 2.19. The first-order valence-electron chi connectivity index (χ1n) is 5.03. The molecule has 0 spiro atoms. The number of rotatable bonds is 6. The minimum Gasteiger partial charge on any atom is -0.383 e. The lowest BCUT2D eigenvalue weighted by Crippen LogP contribution is -2.24. The third-order valence-electron chi connectivity index (χ3n) is 2.15. The number of sulfonamides is 2. The van der Waals surface area contributed by atoms with Crippen molar-refractivity contribution in [1.29, 1.82) is 0 Å². The van der Waals surface area contributed by atoms with Gasteiger partial charge in [0.1, 0.15) is 4.90 Å². The van der Waals surface area contributed by atoms with Crippen LogP contribution in [0.2, 0.25) is 0 Å². The van der Waals surface area contributed by atoms with Gasteiger partial charge in [-0.05, 0) is 19.2 Å². The van der Waals surface area contributed by atoms with Gasteiger partial charge in [0, 0.05) is 6.54 Å². The van der Waals surface area contributed by atoms with E-state index in [1.54, 1.807) is 18.2 Å². The van der Waals surface area contributed by atoms with E-state index < -0.39 is 20.0 Å². The molecule has 0 atom stereocenters. The van der Waals surface area contributed by atoms with Crippen LogP contribution in [0.3, 0.4) is 0 Å². The molecule has 0 aromatic heterocycles. The van der Waals surface area contributed by atoms with E-state index in [-0.39, 0.29) is 17.2 Å². The summed E-state index contributed by atoms with van der Waals surface area (Å²) in [6.07, 6.45) is 0. The fraction of sp³-hybridized carbons (Fsp3) is 0.333. The van der Waals surface area contributed by atoms with Crippen LogP contribution < -0.4 is 15.2 Å². The van der Waals surface area contributed by atoms with Crippen LogP contribution in [-0.2, 0) is 20.0 Å². The molecule has 0 bridgehead atoms. The van der Waals surface area contributed by atoms with Gasteiger partial charge in [0.2, 0.25) is 20.0 Å². The molecule has 0 aliphatic heterocycles. The van der Waals surface area contributed by atoms with Crippen LogP contribution in [0.25, 0.3) is 0 Å². The molecule has 1 rings (SSSR count). The summed E-state index contributed by atoms with van der Waals surface area (Å²) in [4.78, 5) is 0.0573. The fourth-order valence-corrected chi connectivity index (χ4v) is 2.58. The van der Waals surface area contributed by atoms with Crippen LogP contribution >= 0.6 is 0 Å². The smallest absolute Gasteiger partial charge is 0.242 e. The number of hydrogen-bond donors (Lipinski definition) is 3. The lowest BCUT2D eigenvalue weighted by atomic mass is 10.3. The maximum absolute atomic E-state index is 11.7. The van der Waals surface area contributed by atoms with Crippen molar-refractivity contribution in [1.82, 2.24) is 4.72 Å². The van der Waals surface area contributed by atoms with Crippen LogP contribution in [-0.4, -0.2) is 36.2 Å². The lowest BCUT2D eigenvalue weighted by Gasteiger charge is -2.11. The van der Waals surface area contributed by atoms with Crippen LogP contribution in [0.4, 0.5) is 5.69 Å². The molecule has 0 unspecified atom stereocenters. The molecule has 0 aliphatic rings. The zero-order valence-corrected chi connectivity index (χ0v) is 11.4. The van der Waals surface area contributed by atoms with Crippen LogP contribution in [0.1, 0.15) is 0 Å². The molecule has 0 aliphatic carbocycles. The van der Waals surface area contributed by atoms with Crippen molar-refractivity contribution in [3.8, 4) is 0 Å². The Bertz CT molecular complexity index is 610. The number of anilines is 1. The summed E-state index contributed by atoms with van der Waals surface area (Å²) in [7, 11) is -5.86. The zero-order chi connectivity index (χ0) is 13.8. The summed E-state index contributed by atoms with van der Waals surface area (Å²) in [6, 6.07) is 6.20. The molecule has 0 amide bonds. The van der Waals surface area contributed by atoms with E-state index >= 15 is 0 Å². The Labute approximate surface area is 106 Å². The Morgan fingerprint density at radius 3 is 2.33 bits per heavy atom. The van der Waals surface area contributed by atoms with Crippen molar-refractivity contribution >= 4 is 25.7 Å². The van der Waals surface area contributed by atoms with Gasteiger partial charge < -0.3 is 5.32 Å². The quantitative estimate of drug-likeness (QED) is 0.640. The molecule has 1 aromatic carbocycles. The minimum absolute atomic E-state index is 0.0368. The molecule has 1 aromatic rings. The number of nitrogens with one attached hydrogen (secondary N) is 2. The average molecular weight is 293 g/mol. The highest BCUT2D eigenvalue weighted by Gasteiger charge is 2.15. The molecular weight excluding hydrogens is 278 g/mol. The van der Waals surface area contributed by atoms with Crippen LogP contribution in [0, 0.1) is 0 Å². The van der Waals surface area contributed by atoms with Crippen molar-refractivity contribution in [3.63, 3.8) is 0 Å². The first kappa shape index (κ1) is 14.9. The number of para-hydroxylation sites is 1. The third-order valence-corrected chi connectivity index (χ3v) is 4.39. The third kappa shape index (κ3) is 4.26. The second-order valence-electron chi connectivity index (χ2n) is 3.50. The van der Waals surface area contributed by atoms with Crippen molar-refractivity contribution in [3.05, 3.63) is 24.3 Å². The first-order valence-corrected chi connectivity index (χ1v) is 8.23. The molecule has 0 heterocycles. The maximum Gasteiger partial charge on any atom is 0.242 e. The first-order chi connectivity index (χ1) is 8.26. The molecule has 102 valence electrons. The fourth-order valence-electron chi connectivity index (χ4n) is 1.28. The Morgan fingerprint density at radius 1 is 1.17 bits per heavy atom. The topological polar surface area (TPSA) is 118 Å². The average Bonchev–Trinajstić information content (AvgIpc) is 2.28. The van der Waals surface area contributed by atoms with Crippen molar-refractivity contribution < 1.29 is 16.8 Å². The standard InChI is InChI=1S/C9H15N3O4S2/c1-11-18(15,16)9-5-3-2-4-8(9)12-6-7-17(10,13)14/h2-5,11-12H,6-7H2,1H3,(H2,10,13,14). The second kappa shape index (κ2) is 5.65. The maximum atomic E-state index is 11.7. The van der Waals surface area contributed by atoms with E-state index in [0.717, 1.165) is 0 Å². The van der Waals surface area contributed by atoms with Gasteiger partial charge in [-0.2, -0.15) is 0 Å². The molecule has 9 heteroatoms. The van der Waals surface area contributed by atoms with Crippen molar-refractivity contribution in [2.45, 2.75) is 4.90 Å². The van der Waals surface area contributed by atoms with E-state index in [9.17, 15) is 16.8 Å². The summed E-state index contributed by atoms with van der Waals surface area (Å²) in [5, 5.41) is 7.58. The summed E-state index contributed by atoms with van der Waals surface area (Å²) < 4.78 is 47.1. The SMILES string of the molecule is CNS(=O)(=O)c1ccccc1NCCS(N)(=O)=O. The Hall–Kier alpha value is -1.16. The largest absolute Gasteiger partial charge is 0.383 e. The molecular formula is C9H15N3O4S2. The number of hydrogen-bond acceptors (Lipinski definition) is 5. The predicted octanol–water partition coefficient (Wildman–Crippen LogP) is -0.705. The Kier molecular flexibility index (Phi) is 4.68. The van der Waals surface area contributed by atoms with Gasteiger partial charge in [-0.15, -0.1) is 0 Å². The molecule has 18 heavy (non-hydrogen) atoms. The molecule has 0 radical (unpaired) electrons. The second-order valence-corrected chi connectivity index (χ2v) is 7.09. The van der Waals surface area contributed by atoms with E-state index in [0.29, 0.717) is 5.69 Å². The highest BCUT2D eigenvalue weighted by molar-refractivity contribution is 7.89. The highest BCUT2D eigenvalue weighted by atomic mass is 32.2.